The number of methoxy groups -OCH3 is 1. The van der Waals surface area contributed by atoms with Crippen LogP contribution in [0.1, 0.15) is 5.56 Å². The van der Waals surface area contributed by atoms with Crippen LogP contribution in [-0.4, -0.2) is 22.4 Å². The van der Waals surface area contributed by atoms with E-state index >= 15 is 0 Å². The maximum Gasteiger partial charge on any atom is 0.128 e. The molecule has 0 bridgehead atoms. The lowest BCUT2D eigenvalue weighted by molar-refractivity contribution is 0.304. The predicted octanol–water partition coefficient (Wildman–Crippen LogP) is 6.34. The largest absolute Gasteiger partial charge is 0.507 e. The number of ether oxygens (including phenoxy) is 2. The second-order valence-corrected chi connectivity index (χ2v) is 7.43. The van der Waals surface area contributed by atoms with Gasteiger partial charge in [0, 0.05) is 32.8 Å². The monoisotopic (exact) mass is 440 g/mol. The first-order valence-electron chi connectivity index (χ1n) is 9.13. The van der Waals surface area contributed by atoms with Crippen LogP contribution in [0.4, 0.5) is 0 Å². The molecular weight excluding hydrogens is 423 g/mol. The molecule has 4 aromatic rings. The molecule has 0 saturated heterocycles. The predicted molar refractivity (Wildman–Crippen MR) is 118 cm³/mol. The van der Waals surface area contributed by atoms with Gasteiger partial charge in [0.15, 0.2) is 0 Å². The molecule has 0 spiro atoms. The van der Waals surface area contributed by atoms with Crippen molar-refractivity contribution in [2.45, 2.75) is 6.61 Å². The summed E-state index contributed by atoms with van der Waals surface area (Å²) in [7, 11) is 1.63. The van der Waals surface area contributed by atoms with Crippen molar-refractivity contribution in [1.29, 1.82) is 0 Å². The minimum absolute atomic E-state index is 0.0775. The van der Waals surface area contributed by atoms with E-state index in [9.17, 15) is 5.11 Å². The fraction of sp³-hybridized carbons (Fsp3) is 0.0870. The SMILES string of the molecule is COc1ccc(-c2cn[nH]c2-c2ccc(OCc3ccc(Cl)cc3Cl)cc2O)cc1. The number of phenols is 1. The van der Waals surface area contributed by atoms with Gasteiger partial charge in [-0.05, 0) is 42.0 Å². The first kappa shape index (κ1) is 20.1. The molecule has 0 aliphatic heterocycles. The molecule has 0 saturated carbocycles. The minimum atomic E-state index is 0.0775. The topological polar surface area (TPSA) is 67.4 Å². The van der Waals surface area contributed by atoms with Gasteiger partial charge in [0.05, 0.1) is 19.0 Å². The molecule has 0 amide bonds. The number of aromatic hydroxyl groups is 1. The lowest BCUT2D eigenvalue weighted by Gasteiger charge is -2.11. The molecule has 5 nitrogen and oxygen atoms in total. The quantitative estimate of drug-likeness (QED) is 0.366. The maximum absolute atomic E-state index is 10.6. The van der Waals surface area contributed by atoms with Gasteiger partial charge >= 0.3 is 0 Å². The summed E-state index contributed by atoms with van der Waals surface area (Å²) in [4.78, 5) is 0. The number of halogens is 2. The van der Waals surface area contributed by atoms with Crippen molar-refractivity contribution in [1.82, 2.24) is 10.2 Å². The Balaban J connectivity index is 1.56. The normalized spacial score (nSPS) is 10.8. The number of hydrogen-bond acceptors (Lipinski definition) is 4. The van der Waals surface area contributed by atoms with E-state index in [2.05, 4.69) is 10.2 Å². The van der Waals surface area contributed by atoms with Crippen LogP contribution in [0, 0.1) is 0 Å². The highest BCUT2D eigenvalue weighted by Gasteiger charge is 2.14. The average molecular weight is 441 g/mol. The van der Waals surface area contributed by atoms with Gasteiger partial charge < -0.3 is 14.6 Å². The smallest absolute Gasteiger partial charge is 0.128 e. The van der Waals surface area contributed by atoms with E-state index in [-0.39, 0.29) is 12.4 Å². The van der Waals surface area contributed by atoms with Gasteiger partial charge in [0.25, 0.3) is 0 Å². The Hall–Kier alpha value is -3.15. The Morgan fingerprint density at radius 3 is 2.40 bits per heavy atom. The number of aromatic nitrogens is 2. The number of H-pyrrole nitrogens is 1. The van der Waals surface area contributed by atoms with E-state index < -0.39 is 0 Å². The number of hydrogen-bond donors (Lipinski definition) is 2. The zero-order valence-electron chi connectivity index (χ0n) is 16.0. The van der Waals surface area contributed by atoms with E-state index in [4.69, 9.17) is 32.7 Å². The Morgan fingerprint density at radius 2 is 1.70 bits per heavy atom. The first-order chi connectivity index (χ1) is 14.5. The molecule has 0 radical (unpaired) electrons. The van der Waals surface area contributed by atoms with Crippen LogP contribution < -0.4 is 9.47 Å². The van der Waals surface area contributed by atoms with E-state index in [0.29, 0.717) is 27.1 Å². The number of nitrogens with one attached hydrogen (secondary N) is 1. The van der Waals surface area contributed by atoms with Gasteiger partial charge in [-0.2, -0.15) is 5.10 Å². The number of rotatable bonds is 6. The van der Waals surface area contributed by atoms with Gasteiger partial charge in [-0.1, -0.05) is 41.4 Å². The molecule has 0 atom stereocenters. The molecular formula is C23H18Cl2N2O3. The van der Waals surface area contributed by atoms with Gasteiger partial charge in [-0.25, -0.2) is 0 Å². The Labute approximate surface area is 183 Å². The van der Waals surface area contributed by atoms with Crippen LogP contribution in [0.3, 0.4) is 0 Å². The fourth-order valence-corrected chi connectivity index (χ4v) is 3.56. The third-order valence-electron chi connectivity index (χ3n) is 4.69. The number of aromatic amines is 1. The minimum Gasteiger partial charge on any atom is -0.507 e. The molecule has 3 aromatic carbocycles. The van der Waals surface area contributed by atoms with Crippen molar-refractivity contribution in [3.05, 3.63) is 82.5 Å². The van der Waals surface area contributed by atoms with Crippen molar-refractivity contribution < 1.29 is 14.6 Å². The van der Waals surface area contributed by atoms with Crippen LogP contribution in [0.15, 0.2) is 66.9 Å². The van der Waals surface area contributed by atoms with Crippen molar-refractivity contribution in [2.24, 2.45) is 0 Å². The molecule has 7 heteroatoms. The zero-order chi connectivity index (χ0) is 21.1. The summed E-state index contributed by atoms with van der Waals surface area (Å²) in [5.41, 5.74) is 3.96. The van der Waals surface area contributed by atoms with Crippen molar-refractivity contribution >= 4 is 23.2 Å². The van der Waals surface area contributed by atoms with Crippen LogP contribution in [0.25, 0.3) is 22.4 Å². The number of nitrogens with zero attached hydrogens (tertiary/aromatic N) is 1. The summed E-state index contributed by atoms with van der Waals surface area (Å²) in [6, 6.07) is 18.0. The molecule has 2 N–H and O–H groups in total. The zero-order valence-corrected chi connectivity index (χ0v) is 17.5. The summed E-state index contributed by atoms with van der Waals surface area (Å²) >= 11 is 12.1. The van der Waals surface area contributed by atoms with Crippen LogP contribution in [0.2, 0.25) is 10.0 Å². The molecule has 0 fully saturated rings. The maximum atomic E-state index is 10.6. The summed E-state index contributed by atoms with van der Waals surface area (Å²) in [6.07, 6.45) is 1.73. The molecule has 1 heterocycles. The Bertz CT molecular complexity index is 1170. The van der Waals surface area contributed by atoms with E-state index in [1.165, 1.54) is 0 Å². The van der Waals surface area contributed by atoms with E-state index in [0.717, 1.165) is 22.4 Å². The molecule has 1 aromatic heterocycles. The third kappa shape index (κ3) is 4.22. The van der Waals surface area contributed by atoms with Crippen LogP contribution >= 0.6 is 23.2 Å². The number of benzene rings is 3. The Kier molecular flexibility index (Phi) is 5.84. The number of phenolic OH excluding ortho intramolecular Hbond substituents is 1. The second kappa shape index (κ2) is 8.69. The van der Waals surface area contributed by atoms with Crippen LogP contribution in [-0.2, 0) is 6.61 Å². The summed E-state index contributed by atoms with van der Waals surface area (Å²) in [5.74, 6) is 1.37. The average Bonchev–Trinajstić information content (AvgIpc) is 3.23. The van der Waals surface area contributed by atoms with Gasteiger partial charge in [0.1, 0.15) is 23.9 Å². The van der Waals surface area contributed by atoms with Gasteiger partial charge in [-0.15, -0.1) is 0 Å². The summed E-state index contributed by atoms with van der Waals surface area (Å²) in [6.45, 7) is 0.260. The second-order valence-electron chi connectivity index (χ2n) is 6.59. The van der Waals surface area contributed by atoms with Crippen LogP contribution in [0.5, 0.6) is 17.2 Å². The van der Waals surface area contributed by atoms with Crippen molar-refractivity contribution in [2.75, 3.05) is 7.11 Å². The third-order valence-corrected chi connectivity index (χ3v) is 5.28. The van der Waals surface area contributed by atoms with Crippen molar-refractivity contribution in [3.8, 4) is 39.6 Å². The molecule has 30 heavy (non-hydrogen) atoms. The first-order valence-corrected chi connectivity index (χ1v) is 9.88. The highest BCUT2D eigenvalue weighted by Crippen LogP contribution is 2.37. The lowest BCUT2D eigenvalue weighted by Crippen LogP contribution is -1.96. The summed E-state index contributed by atoms with van der Waals surface area (Å²) in [5, 5.41) is 18.8. The summed E-state index contributed by atoms with van der Waals surface area (Å²) < 4.78 is 11.0. The molecule has 152 valence electrons. The molecule has 0 aliphatic rings. The highest BCUT2D eigenvalue weighted by molar-refractivity contribution is 6.35. The highest BCUT2D eigenvalue weighted by atomic mass is 35.5. The molecule has 0 aliphatic carbocycles. The van der Waals surface area contributed by atoms with Crippen molar-refractivity contribution in [3.63, 3.8) is 0 Å². The fourth-order valence-electron chi connectivity index (χ4n) is 3.09. The van der Waals surface area contributed by atoms with Gasteiger partial charge in [-0.3, -0.25) is 5.10 Å². The van der Waals surface area contributed by atoms with Gasteiger partial charge in [0.2, 0.25) is 0 Å². The lowest BCUT2D eigenvalue weighted by atomic mass is 10.0. The molecule has 0 unspecified atom stereocenters. The van der Waals surface area contributed by atoms with E-state index in [1.54, 1.807) is 43.6 Å². The van der Waals surface area contributed by atoms with E-state index in [1.807, 2.05) is 30.3 Å². The Morgan fingerprint density at radius 1 is 0.933 bits per heavy atom. The standard InChI is InChI=1S/C23H18Cl2N2O3/c1-29-17-6-3-14(4-7-17)20-12-26-27-23(20)19-9-8-18(11-22(19)28)30-13-15-2-5-16(24)10-21(15)25/h2-12,28H,13H2,1H3,(H,26,27). The molecule has 4 rings (SSSR count).